The molecule has 2 aliphatic heterocycles. The van der Waals surface area contributed by atoms with Gasteiger partial charge in [0.1, 0.15) is 6.54 Å². The zero-order valence-electron chi connectivity index (χ0n) is 15.9. The first kappa shape index (κ1) is 18.5. The first-order valence-electron chi connectivity index (χ1n) is 10.3. The van der Waals surface area contributed by atoms with Gasteiger partial charge >= 0.3 is 0 Å². The molecule has 2 saturated heterocycles. The van der Waals surface area contributed by atoms with Crippen LogP contribution in [0.4, 0.5) is 0 Å². The minimum atomic E-state index is 0.137. The Morgan fingerprint density at radius 1 is 1.11 bits per heavy atom. The number of rotatable bonds is 6. The van der Waals surface area contributed by atoms with Crippen LogP contribution in [-0.2, 0) is 20.9 Å². The van der Waals surface area contributed by atoms with E-state index in [1.54, 1.807) is 10.9 Å². The van der Waals surface area contributed by atoms with E-state index in [-0.39, 0.29) is 11.8 Å². The van der Waals surface area contributed by atoms with Gasteiger partial charge in [0.2, 0.25) is 11.8 Å². The molecule has 0 aromatic carbocycles. The number of aromatic nitrogens is 2. The second-order valence-corrected chi connectivity index (χ2v) is 8.33. The lowest BCUT2D eigenvalue weighted by Crippen LogP contribution is -2.47. The average molecular weight is 374 g/mol. The first-order valence-corrected chi connectivity index (χ1v) is 10.3. The normalized spacial score (nSPS) is 28.3. The quantitative estimate of drug-likeness (QED) is 0.814. The van der Waals surface area contributed by atoms with Crippen molar-refractivity contribution in [2.45, 2.75) is 38.6 Å². The summed E-state index contributed by atoms with van der Waals surface area (Å²) in [5.74, 6) is 2.21. The van der Waals surface area contributed by atoms with Gasteiger partial charge in [-0.15, -0.1) is 0 Å². The van der Waals surface area contributed by atoms with Gasteiger partial charge in [0.15, 0.2) is 0 Å². The second-order valence-electron chi connectivity index (χ2n) is 8.33. The molecule has 1 aromatic heterocycles. The maximum atomic E-state index is 12.6. The highest BCUT2D eigenvalue weighted by atomic mass is 16.5. The van der Waals surface area contributed by atoms with E-state index in [1.807, 2.05) is 17.2 Å². The third-order valence-electron chi connectivity index (χ3n) is 6.59. The van der Waals surface area contributed by atoms with Crippen molar-refractivity contribution < 1.29 is 14.3 Å². The lowest BCUT2D eigenvalue weighted by Gasteiger charge is -2.38. The average Bonchev–Trinajstić information content (AvgIpc) is 3.26. The summed E-state index contributed by atoms with van der Waals surface area (Å²) in [6.07, 6.45) is 8.48. The van der Waals surface area contributed by atoms with E-state index in [0.717, 1.165) is 58.5 Å². The van der Waals surface area contributed by atoms with Gasteiger partial charge in [0, 0.05) is 51.7 Å². The van der Waals surface area contributed by atoms with Crippen LogP contribution in [0.2, 0.25) is 0 Å². The fraction of sp³-hybridized carbons (Fsp3) is 0.750. The van der Waals surface area contributed by atoms with E-state index in [9.17, 15) is 9.59 Å². The van der Waals surface area contributed by atoms with Crippen molar-refractivity contribution in [3.05, 3.63) is 18.5 Å². The third kappa shape index (κ3) is 4.51. The van der Waals surface area contributed by atoms with E-state index in [0.29, 0.717) is 36.6 Å². The smallest absolute Gasteiger partial charge is 0.244 e. The van der Waals surface area contributed by atoms with Crippen molar-refractivity contribution in [1.82, 2.24) is 20.0 Å². The molecule has 7 heteroatoms. The molecule has 0 spiro atoms. The van der Waals surface area contributed by atoms with Gasteiger partial charge in [-0.05, 0) is 55.4 Å². The van der Waals surface area contributed by atoms with Gasteiger partial charge in [-0.3, -0.25) is 14.3 Å². The van der Waals surface area contributed by atoms with Crippen LogP contribution in [0.15, 0.2) is 18.5 Å². The first-order chi connectivity index (χ1) is 13.2. The highest BCUT2D eigenvalue weighted by Gasteiger charge is 2.43. The van der Waals surface area contributed by atoms with E-state index in [1.165, 1.54) is 0 Å². The molecule has 2 bridgehead atoms. The summed E-state index contributed by atoms with van der Waals surface area (Å²) in [5, 5.41) is 7.27. The fourth-order valence-corrected chi connectivity index (χ4v) is 5.00. The Kier molecular flexibility index (Phi) is 5.76. The van der Waals surface area contributed by atoms with Crippen LogP contribution >= 0.6 is 0 Å². The Bertz CT molecular complexity index is 628. The standard InChI is InChI=1S/C20H30N4O3/c25-19(21-11-15-4-8-27-9-5-15)10-18-16-2-3-17(18)13-23(12-16)20(26)14-24-7-1-6-22-24/h1,6-7,15-18H,2-5,8-14H2,(H,21,25). The number of hydrogen-bond donors (Lipinski definition) is 1. The van der Waals surface area contributed by atoms with E-state index in [4.69, 9.17) is 4.74 Å². The highest BCUT2D eigenvalue weighted by Crippen LogP contribution is 2.43. The molecule has 2 unspecified atom stereocenters. The SMILES string of the molecule is O=C(CC1C2CCC1CN(C(=O)Cn1cccn1)C2)NCC1CCOCC1. The third-order valence-corrected chi connectivity index (χ3v) is 6.59. The molecule has 7 nitrogen and oxygen atoms in total. The Balaban J connectivity index is 1.25. The number of hydrogen-bond acceptors (Lipinski definition) is 4. The topological polar surface area (TPSA) is 76.5 Å². The minimum Gasteiger partial charge on any atom is -0.381 e. The van der Waals surface area contributed by atoms with Gasteiger partial charge < -0.3 is 15.0 Å². The Hall–Kier alpha value is -1.89. The number of ether oxygens (including phenoxy) is 1. The molecule has 1 aliphatic carbocycles. The van der Waals surface area contributed by atoms with Crippen molar-refractivity contribution in [2.75, 3.05) is 32.8 Å². The number of nitrogens with one attached hydrogen (secondary N) is 1. The lowest BCUT2D eigenvalue weighted by molar-refractivity contribution is -0.135. The van der Waals surface area contributed by atoms with Crippen LogP contribution in [0.25, 0.3) is 0 Å². The molecule has 148 valence electrons. The summed E-state index contributed by atoms with van der Waals surface area (Å²) in [7, 11) is 0. The number of amides is 2. The number of carbonyl (C=O) groups excluding carboxylic acids is 2. The molecule has 3 heterocycles. The second kappa shape index (κ2) is 8.42. The maximum absolute atomic E-state index is 12.6. The lowest BCUT2D eigenvalue weighted by atomic mass is 9.82. The molecule has 2 amide bonds. The summed E-state index contributed by atoms with van der Waals surface area (Å²) in [5.41, 5.74) is 0. The summed E-state index contributed by atoms with van der Waals surface area (Å²) in [6, 6.07) is 1.84. The summed E-state index contributed by atoms with van der Waals surface area (Å²) < 4.78 is 7.06. The van der Waals surface area contributed by atoms with E-state index in [2.05, 4.69) is 10.4 Å². The van der Waals surface area contributed by atoms with Gasteiger partial charge in [0.05, 0.1) is 0 Å². The molecule has 1 N–H and O–H groups in total. The van der Waals surface area contributed by atoms with E-state index < -0.39 is 0 Å². The number of nitrogens with zero attached hydrogens (tertiary/aromatic N) is 3. The monoisotopic (exact) mass is 374 g/mol. The van der Waals surface area contributed by atoms with Gasteiger partial charge in [-0.1, -0.05) is 0 Å². The molecule has 3 aliphatic rings. The largest absolute Gasteiger partial charge is 0.381 e. The predicted octanol–water partition coefficient (Wildman–Crippen LogP) is 1.30. The Morgan fingerprint density at radius 2 is 1.85 bits per heavy atom. The molecule has 1 saturated carbocycles. The maximum Gasteiger partial charge on any atom is 0.244 e. The summed E-state index contributed by atoms with van der Waals surface area (Å²) >= 11 is 0. The number of carbonyl (C=O) groups is 2. The molecule has 0 radical (unpaired) electrons. The molecule has 2 atom stereocenters. The van der Waals surface area contributed by atoms with Crippen LogP contribution in [0, 0.1) is 23.7 Å². The number of likely N-dealkylation sites (tertiary alicyclic amines) is 1. The van der Waals surface area contributed by atoms with Crippen molar-refractivity contribution in [1.29, 1.82) is 0 Å². The van der Waals surface area contributed by atoms with Crippen molar-refractivity contribution >= 4 is 11.8 Å². The van der Waals surface area contributed by atoms with Crippen molar-refractivity contribution in [2.24, 2.45) is 23.7 Å². The van der Waals surface area contributed by atoms with Gasteiger partial charge in [-0.2, -0.15) is 5.10 Å². The predicted molar refractivity (Wildman–Crippen MR) is 99.7 cm³/mol. The summed E-state index contributed by atoms with van der Waals surface area (Å²) in [6.45, 7) is 4.29. The van der Waals surface area contributed by atoms with Crippen LogP contribution < -0.4 is 5.32 Å². The van der Waals surface area contributed by atoms with Crippen molar-refractivity contribution in [3.63, 3.8) is 0 Å². The molecule has 4 rings (SSSR count). The summed E-state index contributed by atoms with van der Waals surface area (Å²) in [4.78, 5) is 27.0. The van der Waals surface area contributed by atoms with Crippen LogP contribution in [0.1, 0.15) is 32.1 Å². The molecule has 1 aromatic rings. The minimum absolute atomic E-state index is 0.137. The molecule has 27 heavy (non-hydrogen) atoms. The highest BCUT2D eigenvalue weighted by molar-refractivity contribution is 5.77. The van der Waals surface area contributed by atoms with Gasteiger partial charge in [-0.25, -0.2) is 0 Å². The Labute approximate surface area is 160 Å². The zero-order valence-corrected chi connectivity index (χ0v) is 15.9. The zero-order chi connectivity index (χ0) is 18.6. The fourth-order valence-electron chi connectivity index (χ4n) is 5.00. The van der Waals surface area contributed by atoms with Crippen molar-refractivity contribution in [3.8, 4) is 0 Å². The number of fused-ring (bicyclic) bond motifs is 2. The van der Waals surface area contributed by atoms with Crippen LogP contribution in [0.5, 0.6) is 0 Å². The van der Waals surface area contributed by atoms with Crippen LogP contribution in [0.3, 0.4) is 0 Å². The number of piperidine rings is 1. The van der Waals surface area contributed by atoms with E-state index >= 15 is 0 Å². The van der Waals surface area contributed by atoms with Crippen LogP contribution in [-0.4, -0.2) is 59.3 Å². The van der Waals surface area contributed by atoms with Gasteiger partial charge in [0.25, 0.3) is 0 Å². The molecule has 3 fully saturated rings. The Morgan fingerprint density at radius 3 is 2.52 bits per heavy atom. The molecular weight excluding hydrogens is 344 g/mol. The molecular formula is C20H30N4O3.